The molecule has 0 aromatic heterocycles. The van der Waals surface area contributed by atoms with E-state index in [1.165, 1.54) is 18.2 Å². The Morgan fingerprint density at radius 1 is 1.00 bits per heavy atom. The number of rotatable bonds is 5. The van der Waals surface area contributed by atoms with E-state index in [0.29, 0.717) is 30.3 Å². The van der Waals surface area contributed by atoms with Crippen LogP contribution >= 0.6 is 0 Å². The van der Waals surface area contributed by atoms with Gasteiger partial charge in [-0.2, -0.15) is 0 Å². The lowest BCUT2D eigenvalue weighted by atomic mass is 10.2. The van der Waals surface area contributed by atoms with E-state index in [0.717, 1.165) is 12.5 Å². The quantitative estimate of drug-likeness (QED) is 0.741. The van der Waals surface area contributed by atoms with Gasteiger partial charge in [0.2, 0.25) is 0 Å². The van der Waals surface area contributed by atoms with Gasteiger partial charge in [-0.15, -0.1) is 0 Å². The normalized spacial score (nSPS) is 16.8. The second kappa shape index (κ2) is 7.05. The molecule has 3 rings (SSSR count). The molecule has 0 bridgehead atoms. The van der Waals surface area contributed by atoms with E-state index in [9.17, 15) is 16.8 Å². The molecule has 2 aromatic carbocycles. The van der Waals surface area contributed by atoms with Crippen molar-refractivity contribution in [3.63, 3.8) is 0 Å². The molecule has 0 amide bonds. The minimum absolute atomic E-state index is 0.0359. The van der Waals surface area contributed by atoms with E-state index in [2.05, 4.69) is 0 Å². The first-order valence-electron chi connectivity index (χ1n) is 8.19. The summed E-state index contributed by atoms with van der Waals surface area (Å²) in [4.78, 5) is 1.65. The molecule has 1 aliphatic heterocycles. The molecule has 27 heavy (non-hydrogen) atoms. The summed E-state index contributed by atoms with van der Waals surface area (Å²) in [5.74, 6) is 1.31. The van der Waals surface area contributed by atoms with Gasteiger partial charge in [0.25, 0.3) is 0 Å². The van der Waals surface area contributed by atoms with Crippen molar-refractivity contribution in [1.82, 2.24) is 0 Å². The highest BCUT2D eigenvalue weighted by Crippen LogP contribution is 2.32. The van der Waals surface area contributed by atoms with Crippen molar-refractivity contribution in [3.05, 3.63) is 42.5 Å². The van der Waals surface area contributed by atoms with Gasteiger partial charge >= 0.3 is 0 Å². The van der Waals surface area contributed by atoms with Crippen molar-refractivity contribution < 1.29 is 26.3 Å². The van der Waals surface area contributed by atoms with Crippen LogP contribution in [0.5, 0.6) is 11.5 Å². The molecule has 1 atom stereocenters. The van der Waals surface area contributed by atoms with Crippen molar-refractivity contribution in [2.24, 2.45) is 0 Å². The minimum atomic E-state index is -3.63. The molecule has 0 saturated heterocycles. The molecule has 146 valence electrons. The van der Waals surface area contributed by atoms with Gasteiger partial charge in [-0.3, -0.25) is 0 Å². The molecule has 0 saturated carbocycles. The monoisotopic (exact) mass is 411 g/mol. The van der Waals surface area contributed by atoms with Crippen LogP contribution in [-0.2, 0) is 19.7 Å². The number of hydrogen-bond donors (Lipinski definition) is 0. The summed E-state index contributed by atoms with van der Waals surface area (Å²) in [5, 5.41) is 0. The first kappa shape index (κ1) is 19.5. The van der Waals surface area contributed by atoms with Crippen molar-refractivity contribution >= 4 is 25.4 Å². The van der Waals surface area contributed by atoms with Crippen LogP contribution in [0.3, 0.4) is 0 Å². The van der Waals surface area contributed by atoms with Crippen LogP contribution in [0.4, 0.5) is 5.69 Å². The summed E-state index contributed by atoms with van der Waals surface area (Å²) >= 11 is 0. The van der Waals surface area contributed by atoms with Crippen LogP contribution in [0.2, 0.25) is 0 Å². The fourth-order valence-corrected chi connectivity index (χ4v) is 4.56. The number of benzene rings is 2. The zero-order valence-electron chi connectivity index (χ0n) is 15.2. The Kier molecular flexibility index (Phi) is 5.09. The van der Waals surface area contributed by atoms with Crippen molar-refractivity contribution in [1.29, 1.82) is 0 Å². The topological polar surface area (TPSA) is 90.0 Å². The molecule has 0 N–H and O–H groups in total. The highest BCUT2D eigenvalue weighted by molar-refractivity contribution is 7.91. The van der Waals surface area contributed by atoms with E-state index in [1.54, 1.807) is 11.9 Å². The van der Waals surface area contributed by atoms with Gasteiger partial charge in [0.15, 0.2) is 37.3 Å². The van der Waals surface area contributed by atoms with Crippen molar-refractivity contribution in [3.8, 4) is 11.5 Å². The number of ether oxygens (including phenoxy) is 2. The lowest BCUT2D eigenvalue weighted by molar-refractivity contribution is 0.0960. The average Bonchev–Trinajstić information content (AvgIpc) is 2.59. The van der Waals surface area contributed by atoms with Gasteiger partial charge < -0.3 is 14.4 Å². The SMILES string of the molecule is CN(C[C@@H]1COc2ccccc2O1)c1ccc(S(C)(=O)=O)cc1S(C)(=O)=O. The Balaban J connectivity index is 1.88. The second-order valence-electron chi connectivity index (χ2n) is 6.55. The molecule has 0 radical (unpaired) electrons. The lowest BCUT2D eigenvalue weighted by Crippen LogP contribution is -2.39. The largest absolute Gasteiger partial charge is 0.486 e. The third kappa shape index (κ3) is 4.36. The van der Waals surface area contributed by atoms with Crippen molar-refractivity contribution in [2.45, 2.75) is 15.9 Å². The van der Waals surface area contributed by atoms with Gasteiger partial charge in [0, 0.05) is 19.6 Å². The maximum Gasteiger partial charge on any atom is 0.177 e. The highest BCUT2D eigenvalue weighted by Gasteiger charge is 2.25. The Hall–Kier alpha value is -2.26. The summed E-state index contributed by atoms with van der Waals surface area (Å²) in [7, 11) is -5.42. The molecule has 0 unspecified atom stereocenters. The van der Waals surface area contributed by atoms with Gasteiger partial charge in [0.05, 0.1) is 22.0 Å². The van der Waals surface area contributed by atoms with Crippen LogP contribution in [0, 0.1) is 0 Å². The first-order chi connectivity index (χ1) is 12.6. The number of hydrogen-bond acceptors (Lipinski definition) is 7. The average molecular weight is 412 g/mol. The standard InChI is InChI=1S/C18H21NO6S2/c1-19(11-13-12-24-16-6-4-5-7-17(16)25-13)15-9-8-14(26(2,20)21)10-18(15)27(3,22)23/h4-10,13H,11-12H2,1-3H3/t13-/m1/s1. The Morgan fingerprint density at radius 3 is 2.30 bits per heavy atom. The maximum atomic E-state index is 12.2. The predicted octanol–water partition coefficient (Wildman–Crippen LogP) is 1.77. The Morgan fingerprint density at radius 2 is 1.67 bits per heavy atom. The number of nitrogens with zero attached hydrogens (tertiary/aromatic N) is 1. The van der Waals surface area contributed by atoms with E-state index < -0.39 is 19.7 Å². The van der Waals surface area contributed by atoms with E-state index >= 15 is 0 Å². The smallest absolute Gasteiger partial charge is 0.177 e. The number of fused-ring (bicyclic) bond motifs is 1. The third-order valence-corrected chi connectivity index (χ3v) is 6.45. The molecule has 0 fully saturated rings. The fourth-order valence-electron chi connectivity index (χ4n) is 2.89. The molecule has 0 spiro atoms. The maximum absolute atomic E-state index is 12.2. The third-order valence-electron chi connectivity index (χ3n) is 4.22. The van der Waals surface area contributed by atoms with Gasteiger partial charge in [-0.05, 0) is 30.3 Å². The summed E-state index contributed by atoms with van der Waals surface area (Å²) in [6, 6.07) is 11.4. The molecular weight excluding hydrogens is 390 g/mol. The zero-order chi connectivity index (χ0) is 19.8. The fraction of sp³-hybridized carbons (Fsp3) is 0.333. The van der Waals surface area contributed by atoms with E-state index in [4.69, 9.17) is 9.47 Å². The summed E-state index contributed by atoms with van der Waals surface area (Å²) in [6.07, 6.45) is 1.80. The van der Waals surface area contributed by atoms with Crippen molar-refractivity contribution in [2.75, 3.05) is 37.6 Å². The van der Waals surface area contributed by atoms with Crippen LogP contribution in [0.15, 0.2) is 52.3 Å². The van der Waals surface area contributed by atoms with Gasteiger partial charge in [-0.25, -0.2) is 16.8 Å². The summed E-state index contributed by atoms with van der Waals surface area (Å²) < 4.78 is 59.6. The molecule has 1 aliphatic rings. The number of anilines is 1. The molecular formula is C18H21NO6S2. The Labute approximate surface area is 159 Å². The molecule has 0 aliphatic carbocycles. The minimum Gasteiger partial charge on any atom is -0.486 e. The summed E-state index contributed by atoms with van der Waals surface area (Å²) in [5.41, 5.74) is 0.410. The van der Waals surface area contributed by atoms with Crippen LogP contribution in [-0.4, -0.2) is 55.7 Å². The highest BCUT2D eigenvalue weighted by atomic mass is 32.2. The van der Waals surface area contributed by atoms with Crippen LogP contribution in [0.1, 0.15) is 0 Å². The number of para-hydroxylation sites is 2. The molecule has 9 heteroatoms. The van der Waals surface area contributed by atoms with Crippen LogP contribution in [0.25, 0.3) is 0 Å². The Bertz CT molecular complexity index is 1060. The lowest BCUT2D eigenvalue weighted by Gasteiger charge is -2.31. The first-order valence-corrected chi connectivity index (χ1v) is 12.0. The van der Waals surface area contributed by atoms with Crippen LogP contribution < -0.4 is 14.4 Å². The molecule has 1 heterocycles. The van der Waals surface area contributed by atoms with Gasteiger partial charge in [-0.1, -0.05) is 12.1 Å². The number of likely N-dealkylation sites (N-methyl/N-ethyl adjacent to an activating group) is 1. The predicted molar refractivity (Wildman–Crippen MR) is 102 cm³/mol. The zero-order valence-corrected chi connectivity index (χ0v) is 16.9. The molecule has 7 nitrogen and oxygen atoms in total. The summed E-state index contributed by atoms with van der Waals surface area (Å²) in [6.45, 7) is 0.700. The molecule has 2 aromatic rings. The van der Waals surface area contributed by atoms with E-state index in [1.807, 2.05) is 24.3 Å². The second-order valence-corrected chi connectivity index (χ2v) is 10.6. The van der Waals surface area contributed by atoms with E-state index in [-0.39, 0.29) is 15.9 Å². The van der Waals surface area contributed by atoms with Gasteiger partial charge in [0.1, 0.15) is 6.61 Å². The number of sulfone groups is 2.